The summed E-state index contributed by atoms with van der Waals surface area (Å²) in [6.07, 6.45) is 1.02. The number of amides is 1. The van der Waals surface area contributed by atoms with Crippen LogP contribution < -0.4 is 15.8 Å². The van der Waals surface area contributed by atoms with E-state index in [0.29, 0.717) is 17.1 Å². The molecule has 7 heteroatoms. The third kappa shape index (κ3) is 3.17. The van der Waals surface area contributed by atoms with Crippen LogP contribution in [0.2, 0.25) is 0 Å². The summed E-state index contributed by atoms with van der Waals surface area (Å²) in [4.78, 5) is 12.0. The predicted octanol–water partition coefficient (Wildman–Crippen LogP) is 1.04. The number of carbonyl (C=O) groups is 1. The van der Waals surface area contributed by atoms with Gasteiger partial charge in [0.1, 0.15) is 10.5 Å². The summed E-state index contributed by atoms with van der Waals surface area (Å²) in [6.45, 7) is 2.68. The van der Waals surface area contributed by atoms with Gasteiger partial charge in [-0.05, 0) is 26.0 Å². The summed E-state index contributed by atoms with van der Waals surface area (Å²) in [5.41, 5.74) is 6.38. The minimum absolute atomic E-state index is 0.320. The summed E-state index contributed by atoms with van der Waals surface area (Å²) in [5, 5.41) is 2.51. The maximum absolute atomic E-state index is 12.0. The van der Waals surface area contributed by atoms with E-state index in [1.807, 2.05) is 0 Å². The Kier molecular flexibility index (Phi) is 4.09. The predicted molar refractivity (Wildman–Crippen MR) is 75.0 cm³/mol. The van der Waals surface area contributed by atoms with E-state index >= 15 is 0 Å². The third-order valence-corrected chi connectivity index (χ3v) is 5.02. The zero-order chi connectivity index (χ0) is 14.8. The number of anilines is 2. The maximum atomic E-state index is 12.0. The number of nitrogens with two attached hydrogens (primary N) is 1. The fourth-order valence-corrected chi connectivity index (χ4v) is 1.60. The fourth-order valence-electron chi connectivity index (χ4n) is 1.21. The van der Waals surface area contributed by atoms with Crippen LogP contribution >= 0.6 is 0 Å². The number of benzene rings is 1. The molecular weight excluding hydrogens is 268 g/mol. The van der Waals surface area contributed by atoms with E-state index in [9.17, 15) is 13.2 Å². The van der Waals surface area contributed by atoms with Crippen molar-refractivity contribution in [1.82, 2.24) is 0 Å². The van der Waals surface area contributed by atoms with Crippen LogP contribution in [0.3, 0.4) is 0 Å². The highest BCUT2D eigenvalue weighted by Gasteiger charge is 2.38. The molecule has 0 unspecified atom stereocenters. The van der Waals surface area contributed by atoms with Gasteiger partial charge in [0.25, 0.3) is 0 Å². The van der Waals surface area contributed by atoms with Gasteiger partial charge in [-0.25, -0.2) is 8.42 Å². The first-order chi connectivity index (χ1) is 8.59. The van der Waals surface area contributed by atoms with E-state index in [1.54, 1.807) is 12.1 Å². The highest BCUT2D eigenvalue weighted by Crippen LogP contribution is 2.26. The van der Waals surface area contributed by atoms with Crippen molar-refractivity contribution in [2.75, 3.05) is 24.4 Å². The second-order valence-electron chi connectivity index (χ2n) is 4.69. The molecule has 1 aromatic rings. The number of hydrogen-bond acceptors (Lipinski definition) is 5. The van der Waals surface area contributed by atoms with Crippen LogP contribution in [0, 0.1) is 0 Å². The maximum Gasteiger partial charge on any atom is 0.245 e. The van der Waals surface area contributed by atoms with Crippen LogP contribution in [-0.2, 0) is 14.6 Å². The lowest BCUT2D eigenvalue weighted by atomic mass is 10.1. The summed E-state index contributed by atoms with van der Waals surface area (Å²) in [7, 11) is -2.05. The summed E-state index contributed by atoms with van der Waals surface area (Å²) in [6, 6.07) is 4.75. The number of nitrogens with one attached hydrogen (secondary N) is 1. The van der Waals surface area contributed by atoms with Gasteiger partial charge >= 0.3 is 0 Å². The molecule has 0 aliphatic heterocycles. The van der Waals surface area contributed by atoms with Gasteiger partial charge in [-0.3, -0.25) is 4.79 Å². The minimum atomic E-state index is -3.53. The Morgan fingerprint density at radius 2 is 1.95 bits per heavy atom. The van der Waals surface area contributed by atoms with Crippen molar-refractivity contribution >= 4 is 27.1 Å². The van der Waals surface area contributed by atoms with Crippen molar-refractivity contribution < 1.29 is 17.9 Å². The van der Waals surface area contributed by atoms with Crippen molar-refractivity contribution in [1.29, 1.82) is 0 Å². The summed E-state index contributed by atoms with van der Waals surface area (Å²) < 4.78 is 26.6. The van der Waals surface area contributed by atoms with Gasteiger partial charge in [0.2, 0.25) is 5.91 Å². The Bertz CT molecular complexity index is 594. The van der Waals surface area contributed by atoms with E-state index in [1.165, 1.54) is 27.0 Å². The molecule has 0 saturated heterocycles. The van der Waals surface area contributed by atoms with Gasteiger partial charge in [-0.15, -0.1) is 0 Å². The first-order valence-electron chi connectivity index (χ1n) is 5.54. The van der Waals surface area contributed by atoms with Crippen molar-refractivity contribution in [3.63, 3.8) is 0 Å². The van der Waals surface area contributed by atoms with E-state index in [-0.39, 0.29) is 0 Å². The number of sulfone groups is 1. The van der Waals surface area contributed by atoms with Crippen molar-refractivity contribution in [2.45, 2.75) is 18.6 Å². The van der Waals surface area contributed by atoms with Gasteiger partial charge < -0.3 is 15.8 Å². The molecule has 3 N–H and O–H groups in total. The molecular formula is C12H18N2O4S. The normalized spacial score (nSPS) is 12.0. The smallest absolute Gasteiger partial charge is 0.245 e. The molecule has 0 spiro atoms. The lowest BCUT2D eigenvalue weighted by Gasteiger charge is -2.22. The first-order valence-corrected chi connectivity index (χ1v) is 7.43. The van der Waals surface area contributed by atoms with Crippen molar-refractivity contribution in [2.24, 2.45) is 0 Å². The van der Waals surface area contributed by atoms with E-state index in [4.69, 9.17) is 10.5 Å². The summed E-state index contributed by atoms with van der Waals surface area (Å²) >= 11 is 0. The molecule has 0 fully saturated rings. The lowest BCUT2D eigenvalue weighted by molar-refractivity contribution is -0.117. The Balaban J connectivity index is 3.07. The van der Waals surface area contributed by atoms with Gasteiger partial charge in [0.05, 0.1) is 18.5 Å². The van der Waals surface area contributed by atoms with E-state index in [0.717, 1.165) is 6.26 Å². The van der Waals surface area contributed by atoms with E-state index in [2.05, 4.69) is 5.32 Å². The average Bonchev–Trinajstić information content (AvgIpc) is 2.30. The van der Waals surface area contributed by atoms with Crippen LogP contribution in [0.25, 0.3) is 0 Å². The molecule has 0 heterocycles. The molecule has 0 aliphatic rings. The van der Waals surface area contributed by atoms with Crippen molar-refractivity contribution in [3.8, 4) is 5.75 Å². The molecule has 0 atom stereocenters. The highest BCUT2D eigenvalue weighted by atomic mass is 32.2. The van der Waals surface area contributed by atoms with Crippen LogP contribution in [0.1, 0.15) is 13.8 Å². The largest absolute Gasteiger partial charge is 0.497 e. The Morgan fingerprint density at radius 3 is 2.42 bits per heavy atom. The molecule has 0 radical (unpaired) electrons. The standard InChI is InChI=1S/C12H18N2O4S/c1-12(2,19(4,16)17)11(15)14-10-7-8(18-3)5-6-9(10)13/h5-7H,13H2,1-4H3,(H,14,15). The van der Waals surface area contributed by atoms with Crippen LogP contribution in [-0.4, -0.2) is 32.4 Å². The zero-order valence-electron chi connectivity index (χ0n) is 11.4. The van der Waals surface area contributed by atoms with Crippen LogP contribution in [0.5, 0.6) is 5.75 Å². The Labute approximate surface area is 112 Å². The quantitative estimate of drug-likeness (QED) is 0.806. The number of ether oxygens (including phenoxy) is 1. The SMILES string of the molecule is COc1ccc(N)c(NC(=O)C(C)(C)S(C)(=O)=O)c1. The molecule has 6 nitrogen and oxygen atoms in total. The fraction of sp³-hybridized carbons (Fsp3) is 0.417. The van der Waals surface area contributed by atoms with Crippen LogP contribution in [0.4, 0.5) is 11.4 Å². The highest BCUT2D eigenvalue weighted by molar-refractivity contribution is 7.92. The number of rotatable bonds is 4. The summed E-state index contributed by atoms with van der Waals surface area (Å²) in [5.74, 6) is -0.128. The van der Waals surface area contributed by atoms with Gasteiger partial charge in [0.15, 0.2) is 9.84 Å². The molecule has 106 valence electrons. The monoisotopic (exact) mass is 286 g/mol. The molecule has 0 aromatic heterocycles. The van der Waals surface area contributed by atoms with E-state index < -0.39 is 20.5 Å². The topological polar surface area (TPSA) is 98.5 Å². The van der Waals surface area contributed by atoms with Crippen LogP contribution in [0.15, 0.2) is 18.2 Å². The second kappa shape index (κ2) is 5.08. The number of hydrogen-bond donors (Lipinski definition) is 2. The number of carbonyl (C=O) groups excluding carboxylic acids is 1. The Hall–Kier alpha value is -1.76. The lowest BCUT2D eigenvalue weighted by Crippen LogP contribution is -2.43. The zero-order valence-corrected chi connectivity index (χ0v) is 12.2. The molecule has 0 bridgehead atoms. The molecule has 1 rings (SSSR count). The molecule has 1 aromatic carbocycles. The van der Waals surface area contributed by atoms with Crippen molar-refractivity contribution in [3.05, 3.63) is 18.2 Å². The number of nitrogen functional groups attached to an aromatic ring is 1. The minimum Gasteiger partial charge on any atom is -0.497 e. The average molecular weight is 286 g/mol. The Morgan fingerprint density at radius 1 is 1.37 bits per heavy atom. The van der Waals surface area contributed by atoms with Gasteiger partial charge in [0, 0.05) is 12.3 Å². The molecule has 19 heavy (non-hydrogen) atoms. The molecule has 0 aliphatic carbocycles. The van der Waals surface area contributed by atoms with Gasteiger partial charge in [-0.2, -0.15) is 0 Å². The molecule has 1 amide bonds. The first kappa shape index (κ1) is 15.3. The second-order valence-corrected chi connectivity index (χ2v) is 7.25. The van der Waals surface area contributed by atoms with Gasteiger partial charge in [-0.1, -0.05) is 0 Å². The molecule has 0 saturated carbocycles. The number of methoxy groups -OCH3 is 1. The third-order valence-electron chi connectivity index (χ3n) is 2.98.